The molecule has 0 amide bonds. The van der Waals surface area contributed by atoms with Crippen molar-refractivity contribution >= 4 is 45.1 Å². The molecule has 0 N–H and O–H groups in total. The lowest BCUT2D eigenvalue weighted by molar-refractivity contribution is 0.414. The summed E-state index contributed by atoms with van der Waals surface area (Å²) in [7, 11) is 1.67. The molecule has 1 aromatic heterocycles. The van der Waals surface area contributed by atoms with Crippen molar-refractivity contribution in [2.45, 2.75) is 6.54 Å². The van der Waals surface area contributed by atoms with Crippen molar-refractivity contribution in [3.05, 3.63) is 56.8 Å². The van der Waals surface area contributed by atoms with Gasteiger partial charge in [0.1, 0.15) is 9.45 Å². The fourth-order valence-electron chi connectivity index (χ4n) is 2.17. The second kappa shape index (κ2) is 5.61. The maximum Gasteiger partial charge on any atom is 0.132 e. The highest BCUT2D eigenvalue weighted by Gasteiger charge is 2.11. The van der Waals surface area contributed by atoms with Crippen LogP contribution in [0, 0.1) is 3.70 Å². The molecule has 0 fully saturated rings. The Labute approximate surface area is 135 Å². The zero-order valence-corrected chi connectivity index (χ0v) is 13.7. The molecule has 0 aliphatic heterocycles. The molecular weight excluding hydrogens is 387 g/mol. The van der Waals surface area contributed by atoms with Gasteiger partial charge in [0.15, 0.2) is 0 Å². The van der Waals surface area contributed by atoms with Crippen LogP contribution in [-0.2, 0) is 6.54 Å². The highest BCUT2D eigenvalue weighted by Crippen LogP contribution is 2.28. The number of nitrogens with zero attached hydrogens (tertiary/aromatic N) is 2. The lowest BCUT2D eigenvalue weighted by Gasteiger charge is -2.05. The standard InChI is InChI=1S/C15H12ClIN2O/c1-20-11-7-5-10(6-8-11)9-19-13-4-2-3-12(16)14(13)15(17)18-19/h2-8H,9H2,1H3. The minimum Gasteiger partial charge on any atom is -0.497 e. The fraction of sp³-hybridized carbons (Fsp3) is 0.133. The molecule has 5 heteroatoms. The average Bonchev–Trinajstić information content (AvgIpc) is 2.77. The molecule has 0 aliphatic carbocycles. The molecule has 102 valence electrons. The van der Waals surface area contributed by atoms with E-state index in [9.17, 15) is 0 Å². The third-order valence-electron chi connectivity index (χ3n) is 3.18. The summed E-state index contributed by atoms with van der Waals surface area (Å²) >= 11 is 8.47. The molecular formula is C15H12ClIN2O. The van der Waals surface area contributed by atoms with Gasteiger partial charge in [-0.15, -0.1) is 0 Å². The van der Waals surface area contributed by atoms with E-state index in [4.69, 9.17) is 16.3 Å². The zero-order valence-electron chi connectivity index (χ0n) is 10.8. The monoisotopic (exact) mass is 398 g/mol. The second-order valence-corrected chi connectivity index (χ2v) is 5.86. The van der Waals surface area contributed by atoms with Crippen LogP contribution in [0.15, 0.2) is 42.5 Å². The largest absolute Gasteiger partial charge is 0.497 e. The highest BCUT2D eigenvalue weighted by molar-refractivity contribution is 14.1. The van der Waals surface area contributed by atoms with Gasteiger partial charge in [0.2, 0.25) is 0 Å². The Balaban J connectivity index is 2.00. The van der Waals surface area contributed by atoms with Crippen LogP contribution in [-0.4, -0.2) is 16.9 Å². The van der Waals surface area contributed by atoms with Gasteiger partial charge in [-0.25, -0.2) is 0 Å². The molecule has 0 aliphatic rings. The highest BCUT2D eigenvalue weighted by atomic mass is 127. The molecule has 0 unspecified atom stereocenters. The van der Waals surface area contributed by atoms with E-state index >= 15 is 0 Å². The van der Waals surface area contributed by atoms with Gasteiger partial charge in [-0.2, -0.15) is 5.10 Å². The van der Waals surface area contributed by atoms with E-state index in [-0.39, 0.29) is 0 Å². The number of fused-ring (bicyclic) bond motifs is 1. The van der Waals surface area contributed by atoms with Crippen LogP contribution in [0.5, 0.6) is 5.75 Å². The molecule has 0 atom stereocenters. The first kappa shape index (κ1) is 13.7. The number of rotatable bonds is 3. The Hall–Kier alpha value is -1.27. The van der Waals surface area contributed by atoms with Crippen molar-refractivity contribution in [2.75, 3.05) is 7.11 Å². The lowest BCUT2D eigenvalue weighted by Crippen LogP contribution is -2.01. The first-order valence-corrected chi connectivity index (χ1v) is 7.58. The maximum absolute atomic E-state index is 6.24. The first-order chi connectivity index (χ1) is 9.69. The summed E-state index contributed by atoms with van der Waals surface area (Å²) in [6.07, 6.45) is 0. The predicted octanol–water partition coefficient (Wildman–Crippen LogP) is 4.35. The number of methoxy groups -OCH3 is 1. The van der Waals surface area contributed by atoms with Crippen LogP contribution in [0.4, 0.5) is 0 Å². The molecule has 3 nitrogen and oxygen atoms in total. The number of benzene rings is 2. The summed E-state index contributed by atoms with van der Waals surface area (Å²) < 4.78 is 8.07. The van der Waals surface area contributed by atoms with Crippen molar-refractivity contribution in [1.29, 1.82) is 0 Å². The third kappa shape index (κ3) is 2.50. The summed E-state index contributed by atoms with van der Waals surface area (Å²) in [4.78, 5) is 0. The smallest absolute Gasteiger partial charge is 0.132 e. The lowest BCUT2D eigenvalue weighted by atomic mass is 10.2. The van der Waals surface area contributed by atoms with Gasteiger partial charge in [0.05, 0.1) is 29.6 Å². The molecule has 2 aromatic carbocycles. The first-order valence-electron chi connectivity index (χ1n) is 6.12. The van der Waals surface area contributed by atoms with Gasteiger partial charge in [-0.3, -0.25) is 4.68 Å². The molecule has 20 heavy (non-hydrogen) atoms. The normalized spacial score (nSPS) is 10.9. The van der Waals surface area contributed by atoms with Crippen LogP contribution in [0.25, 0.3) is 10.9 Å². The van der Waals surface area contributed by atoms with Crippen LogP contribution in [0.2, 0.25) is 5.02 Å². The Morgan fingerprint density at radius 1 is 1.20 bits per heavy atom. The summed E-state index contributed by atoms with van der Waals surface area (Å²) in [5, 5.41) is 6.34. The van der Waals surface area contributed by atoms with E-state index in [0.717, 1.165) is 25.4 Å². The fourth-order valence-corrected chi connectivity index (χ4v) is 3.41. The van der Waals surface area contributed by atoms with E-state index < -0.39 is 0 Å². The van der Waals surface area contributed by atoms with Gasteiger partial charge in [0, 0.05) is 0 Å². The summed E-state index contributed by atoms with van der Waals surface area (Å²) in [6, 6.07) is 13.9. The molecule has 0 bridgehead atoms. The second-order valence-electron chi connectivity index (χ2n) is 4.43. The quantitative estimate of drug-likeness (QED) is 0.613. The van der Waals surface area contributed by atoms with E-state index in [1.807, 2.05) is 47.1 Å². The SMILES string of the molecule is COc1ccc(Cn2nc(I)c3c(Cl)cccc32)cc1. The molecule has 0 saturated carbocycles. The Kier molecular flexibility index (Phi) is 3.85. The van der Waals surface area contributed by atoms with Crippen LogP contribution >= 0.6 is 34.2 Å². The van der Waals surface area contributed by atoms with Gasteiger partial charge < -0.3 is 4.74 Å². The molecule has 3 aromatic rings. The number of hydrogen-bond acceptors (Lipinski definition) is 2. The predicted molar refractivity (Wildman–Crippen MR) is 89.6 cm³/mol. The molecule has 0 saturated heterocycles. The van der Waals surface area contributed by atoms with Crippen molar-refractivity contribution in [1.82, 2.24) is 9.78 Å². The Bertz CT molecular complexity index is 752. The molecule has 0 radical (unpaired) electrons. The van der Waals surface area contributed by atoms with Crippen molar-refractivity contribution in [3.63, 3.8) is 0 Å². The number of aromatic nitrogens is 2. The summed E-state index contributed by atoms with van der Waals surface area (Å²) in [6.45, 7) is 0.712. The maximum atomic E-state index is 6.24. The molecule has 0 spiro atoms. The van der Waals surface area contributed by atoms with Crippen LogP contribution < -0.4 is 4.74 Å². The van der Waals surface area contributed by atoms with E-state index in [2.05, 4.69) is 27.7 Å². The Morgan fingerprint density at radius 2 is 1.95 bits per heavy atom. The minimum atomic E-state index is 0.712. The number of ether oxygens (including phenoxy) is 1. The van der Waals surface area contributed by atoms with Crippen molar-refractivity contribution in [3.8, 4) is 5.75 Å². The topological polar surface area (TPSA) is 27.1 Å². The van der Waals surface area contributed by atoms with Crippen molar-refractivity contribution in [2.24, 2.45) is 0 Å². The number of hydrogen-bond donors (Lipinski definition) is 0. The summed E-state index contributed by atoms with van der Waals surface area (Å²) in [5.74, 6) is 0.858. The summed E-state index contributed by atoms with van der Waals surface area (Å²) in [5.41, 5.74) is 2.23. The average molecular weight is 399 g/mol. The van der Waals surface area contributed by atoms with E-state index in [1.54, 1.807) is 7.11 Å². The van der Waals surface area contributed by atoms with Crippen LogP contribution in [0.3, 0.4) is 0 Å². The van der Waals surface area contributed by atoms with Gasteiger partial charge in [0.25, 0.3) is 0 Å². The Morgan fingerprint density at radius 3 is 2.65 bits per heavy atom. The molecule has 3 rings (SSSR count). The van der Waals surface area contributed by atoms with E-state index in [1.165, 1.54) is 5.56 Å². The van der Waals surface area contributed by atoms with Crippen LogP contribution in [0.1, 0.15) is 5.56 Å². The third-order valence-corrected chi connectivity index (χ3v) is 4.25. The minimum absolute atomic E-state index is 0.712. The number of halogens is 2. The van der Waals surface area contributed by atoms with Gasteiger partial charge in [-0.1, -0.05) is 29.8 Å². The van der Waals surface area contributed by atoms with Crippen molar-refractivity contribution < 1.29 is 4.74 Å². The van der Waals surface area contributed by atoms with Gasteiger partial charge >= 0.3 is 0 Å². The molecule has 1 heterocycles. The van der Waals surface area contributed by atoms with E-state index in [0.29, 0.717) is 6.54 Å². The zero-order chi connectivity index (χ0) is 14.1. The van der Waals surface area contributed by atoms with Gasteiger partial charge in [-0.05, 0) is 52.4 Å².